The van der Waals surface area contributed by atoms with Crippen molar-refractivity contribution in [2.45, 2.75) is 13.8 Å². The first-order valence-corrected chi connectivity index (χ1v) is 5.28. The molecule has 1 aromatic carbocycles. The van der Waals surface area contributed by atoms with Gasteiger partial charge in [-0.1, -0.05) is 40.6 Å². The standard InChI is InChI=1S/C12H13BrO/c1-4-9(3)12(14)10-7-8(2)5-6-11(10)13/h4-7,9H,1H2,2-3H3. The molecule has 2 heteroatoms. The normalized spacial score (nSPS) is 12.2. The molecule has 0 spiro atoms. The van der Waals surface area contributed by atoms with Crippen LogP contribution in [0, 0.1) is 12.8 Å². The van der Waals surface area contributed by atoms with Crippen molar-refractivity contribution in [2.75, 3.05) is 0 Å². The summed E-state index contributed by atoms with van der Waals surface area (Å²) < 4.78 is 0.849. The fourth-order valence-electron chi connectivity index (χ4n) is 1.18. The molecule has 1 nitrogen and oxygen atoms in total. The average molecular weight is 253 g/mol. The molecule has 1 aromatic rings. The highest BCUT2D eigenvalue weighted by Gasteiger charge is 2.14. The maximum absolute atomic E-state index is 11.8. The lowest BCUT2D eigenvalue weighted by Gasteiger charge is -2.07. The molecule has 74 valence electrons. The molecule has 0 saturated carbocycles. The minimum atomic E-state index is -0.131. The largest absolute Gasteiger partial charge is 0.293 e. The molecule has 14 heavy (non-hydrogen) atoms. The van der Waals surface area contributed by atoms with Gasteiger partial charge in [-0.05, 0) is 19.1 Å². The Bertz CT molecular complexity index is 369. The van der Waals surface area contributed by atoms with Crippen molar-refractivity contribution in [1.29, 1.82) is 0 Å². The quantitative estimate of drug-likeness (QED) is 0.592. The third kappa shape index (κ3) is 2.32. The molecule has 1 atom stereocenters. The number of hydrogen-bond donors (Lipinski definition) is 0. The summed E-state index contributed by atoms with van der Waals surface area (Å²) in [5.74, 6) is -0.0244. The van der Waals surface area contributed by atoms with Gasteiger partial charge in [0.1, 0.15) is 0 Å². The molecule has 0 heterocycles. The molecule has 0 N–H and O–H groups in total. The second-order valence-electron chi connectivity index (χ2n) is 3.37. The van der Waals surface area contributed by atoms with Crippen LogP contribution in [0.15, 0.2) is 35.3 Å². The van der Waals surface area contributed by atoms with Crippen LogP contribution in [0.1, 0.15) is 22.8 Å². The van der Waals surface area contributed by atoms with Crippen molar-refractivity contribution in [3.05, 3.63) is 46.5 Å². The highest BCUT2D eigenvalue weighted by molar-refractivity contribution is 9.10. The third-order valence-electron chi connectivity index (χ3n) is 2.15. The molecular weight excluding hydrogens is 240 g/mol. The zero-order chi connectivity index (χ0) is 10.7. The van der Waals surface area contributed by atoms with Gasteiger partial charge in [-0.15, -0.1) is 6.58 Å². The van der Waals surface area contributed by atoms with Crippen molar-refractivity contribution >= 4 is 21.7 Å². The van der Waals surface area contributed by atoms with E-state index in [1.54, 1.807) is 6.08 Å². The Morgan fingerprint density at radius 3 is 2.79 bits per heavy atom. The van der Waals surface area contributed by atoms with Gasteiger partial charge in [0.05, 0.1) is 0 Å². The Labute approximate surface area is 93.0 Å². The van der Waals surface area contributed by atoms with Crippen LogP contribution in [0.3, 0.4) is 0 Å². The Morgan fingerprint density at radius 1 is 1.57 bits per heavy atom. The van der Waals surface area contributed by atoms with E-state index >= 15 is 0 Å². The molecule has 0 saturated heterocycles. The molecule has 0 aliphatic carbocycles. The highest BCUT2D eigenvalue weighted by atomic mass is 79.9. The van der Waals surface area contributed by atoms with Gasteiger partial charge in [0.25, 0.3) is 0 Å². The number of benzene rings is 1. The van der Waals surface area contributed by atoms with Crippen molar-refractivity contribution < 1.29 is 4.79 Å². The molecule has 0 fully saturated rings. The van der Waals surface area contributed by atoms with Crippen LogP contribution < -0.4 is 0 Å². The zero-order valence-corrected chi connectivity index (χ0v) is 9.97. The number of allylic oxidation sites excluding steroid dienone is 1. The van der Waals surface area contributed by atoms with Crippen LogP contribution in [-0.2, 0) is 0 Å². The lowest BCUT2D eigenvalue weighted by atomic mass is 9.98. The van der Waals surface area contributed by atoms with Gasteiger partial charge in [-0.2, -0.15) is 0 Å². The molecule has 0 aliphatic rings. The van der Waals surface area contributed by atoms with Crippen LogP contribution in [0.25, 0.3) is 0 Å². The van der Waals surface area contributed by atoms with E-state index in [4.69, 9.17) is 0 Å². The third-order valence-corrected chi connectivity index (χ3v) is 2.85. The first-order chi connectivity index (χ1) is 6.56. The number of rotatable bonds is 3. The van der Waals surface area contributed by atoms with Crippen molar-refractivity contribution in [3.8, 4) is 0 Å². The Kier molecular flexibility index (Phi) is 3.64. The fourth-order valence-corrected chi connectivity index (χ4v) is 1.62. The smallest absolute Gasteiger partial charge is 0.170 e. The van der Waals surface area contributed by atoms with Crippen LogP contribution in [0.4, 0.5) is 0 Å². The monoisotopic (exact) mass is 252 g/mol. The average Bonchev–Trinajstić information content (AvgIpc) is 2.19. The lowest BCUT2D eigenvalue weighted by Crippen LogP contribution is -2.09. The second kappa shape index (κ2) is 4.56. The van der Waals surface area contributed by atoms with Crippen LogP contribution in [0.2, 0.25) is 0 Å². The van der Waals surface area contributed by atoms with E-state index in [2.05, 4.69) is 22.5 Å². The van der Waals surface area contributed by atoms with E-state index in [9.17, 15) is 4.79 Å². The summed E-state index contributed by atoms with van der Waals surface area (Å²) >= 11 is 3.37. The summed E-state index contributed by atoms with van der Waals surface area (Å²) in [7, 11) is 0. The maximum Gasteiger partial charge on any atom is 0.170 e. The summed E-state index contributed by atoms with van der Waals surface area (Å²) in [6.07, 6.45) is 1.66. The topological polar surface area (TPSA) is 17.1 Å². The Morgan fingerprint density at radius 2 is 2.21 bits per heavy atom. The SMILES string of the molecule is C=CC(C)C(=O)c1cc(C)ccc1Br. The van der Waals surface area contributed by atoms with E-state index in [0.29, 0.717) is 0 Å². The predicted molar refractivity (Wildman–Crippen MR) is 62.6 cm³/mol. The first kappa shape index (κ1) is 11.2. The van der Waals surface area contributed by atoms with E-state index in [0.717, 1.165) is 15.6 Å². The van der Waals surface area contributed by atoms with Gasteiger partial charge < -0.3 is 0 Å². The predicted octanol–water partition coefficient (Wildman–Crippen LogP) is 3.76. The van der Waals surface area contributed by atoms with Crippen LogP contribution in [0.5, 0.6) is 0 Å². The lowest BCUT2D eigenvalue weighted by molar-refractivity contribution is 0.0952. The summed E-state index contributed by atoms with van der Waals surface area (Å²) in [6, 6.07) is 5.77. The van der Waals surface area contributed by atoms with E-state index in [1.807, 2.05) is 32.0 Å². The number of hydrogen-bond acceptors (Lipinski definition) is 1. The molecule has 0 radical (unpaired) electrons. The van der Waals surface area contributed by atoms with Crippen molar-refractivity contribution in [2.24, 2.45) is 5.92 Å². The van der Waals surface area contributed by atoms with Gasteiger partial charge in [-0.25, -0.2) is 0 Å². The van der Waals surface area contributed by atoms with Crippen LogP contribution in [-0.4, -0.2) is 5.78 Å². The minimum absolute atomic E-state index is 0.107. The summed E-state index contributed by atoms with van der Waals surface area (Å²) in [4.78, 5) is 11.8. The fraction of sp³-hybridized carbons (Fsp3) is 0.250. The second-order valence-corrected chi connectivity index (χ2v) is 4.23. The minimum Gasteiger partial charge on any atom is -0.293 e. The molecule has 1 unspecified atom stereocenters. The number of carbonyl (C=O) groups excluding carboxylic acids is 1. The van der Waals surface area contributed by atoms with Crippen molar-refractivity contribution in [3.63, 3.8) is 0 Å². The summed E-state index contributed by atoms with van der Waals surface area (Å²) in [6.45, 7) is 7.45. The first-order valence-electron chi connectivity index (χ1n) is 4.49. The summed E-state index contributed by atoms with van der Waals surface area (Å²) in [5.41, 5.74) is 1.82. The van der Waals surface area contributed by atoms with E-state index in [1.165, 1.54) is 0 Å². The maximum atomic E-state index is 11.8. The number of aryl methyl sites for hydroxylation is 1. The number of ketones is 1. The number of halogens is 1. The Hall–Kier alpha value is -0.890. The zero-order valence-electron chi connectivity index (χ0n) is 8.38. The Balaban J connectivity index is 3.11. The van der Waals surface area contributed by atoms with E-state index < -0.39 is 0 Å². The molecule has 0 amide bonds. The van der Waals surface area contributed by atoms with Crippen molar-refractivity contribution in [1.82, 2.24) is 0 Å². The molecule has 0 aliphatic heterocycles. The van der Waals surface area contributed by atoms with Gasteiger partial charge >= 0.3 is 0 Å². The van der Waals surface area contributed by atoms with Crippen LogP contribution >= 0.6 is 15.9 Å². The molecular formula is C12H13BrO. The highest BCUT2D eigenvalue weighted by Crippen LogP contribution is 2.21. The van der Waals surface area contributed by atoms with Gasteiger partial charge in [0.2, 0.25) is 0 Å². The van der Waals surface area contributed by atoms with Gasteiger partial charge in [0.15, 0.2) is 5.78 Å². The number of carbonyl (C=O) groups is 1. The number of Topliss-reactive ketones (excluding diaryl/α,β-unsaturated/α-hetero) is 1. The molecule has 0 aromatic heterocycles. The van der Waals surface area contributed by atoms with Gasteiger partial charge in [-0.3, -0.25) is 4.79 Å². The molecule has 0 bridgehead atoms. The van der Waals surface area contributed by atoms with E-state index in [-0.39, 0.29) is 11.7 Å². The molecule has 1 rings (SSSR count). The summed E-state index contributed by atoms with van der Waals surface area (Å²) in [5, 5.41) is 0. The van der Waals surface area contributed by atoms with Gasteiger partial charge in [0, 0.05) is 16.0 Å².